The molecule has 0 radical (unpaired) electrons. The zero-order valence-corrected chi connectivity index (χ0v) is 28.5. The summed E-state index contributed by atoms with van der Waals surface area (Å²) in [6, 6.07) is 8.52. The van der Waals surface area contributed by atoms with Crippen LogP contribution in [-0.4, -0.2) is 54.3 Å². The van der Waals surface area contributed by atoms with Gasteiger partial charge in [-0.15, -0.1) is 0 Å². The summed E-state index contributed by atoms with van der Waals surface area (Å²) in [5.74, 6) is -1.35. The Morgan fingerprint density at radius 3 is 1.45 bits per heavy atom. The number of Topliss-reactive ketones (excluding diaryl/α,β-unsaturated/α-hetero) is 2. The number of fused-ring (bicyclic) bond motifs is 2. The Morgan fingerprint density at radius 1 is 0.647 bits per heavy atom. The summed E-state index contributed by atoms with van der Waals surface area (Å²) in [4.78, 5) is 111. The maximum absolute atomic E-state index is 13.7. The maximum atomic E-state index is 13.7. The fourth-order valence-corrected chi connectivity index (χ4v) is 7.15. The predicted octanol–water partition coefficient (Wildman–Crippen LogP) is 2.55. The number of piperidine rings is 2. The van der Waals surface area contributed by atoms with Crippen LogP contribution in [0.25, 0.3) is 21.8 Å². The number of imide groups is 2. The number of ketones is 2. The average Bonchev–Trinajstić information content (AvgIpc) is 3.06. The highest BCUT2D eigenvalue weighted by atomic mass is 16.2. The maximum Gasteiger partial charge on any atom is 0.262 e. The van der Waals surface area contributed by atoms with E-state index in [9.17, 15) is 38.4 Å². The molecule has 2 aliphatic rings. The smallest absolute Gasteiger partial charge is 0.262 e. The lowest BCUT2D eigenvalue weighted by atomic mass is 9.98. The van der Waals surface area contributed by atoms with Crippen molar-refractivity contribution in [3.8, 4) is 0 Å². The van der Waals surface area contributed by atoms with Crippen LogP contribution in [0, 0.1) is 13.8 Å². The van der Waals surface area contributed by atoms with Crippen molar-refractivity contribution in [2.75, 3.05) is 0 Å². The van der Waals surface area contributed by atoms with Crippen LogP contribution in [0.4, 0.5) is 0 Å². The molecule has 4 amide bonds. The number of hydrogen-bond acceptors (Lipinski definition) is 10. The van der Waals surface area contributed by atoms with Crippen LogP contribution in [-0.2, 0) is 41.6 Å². The van der Waals surface area contributed by atoms with Crippen molar-refractivity contribution < 1.29 is 28.8 Å². The van der Waals surface area contributed by atoms with Crippen molar-refractivity contribution >= 4 is 57.0 Å². The van der Waals surface area contributed by atoms with Crippen LogP contribution < -0.4 is 21.8 Å². The van der Waals surface area contributed by atoms with Gasteiger partial charge in [0.15, 0.2) is 0 Å². The van der Waals surface area contributed by atoms with Crippen LogP contribution in [0.3, 0.4) is 0 Å². The minimum Gasteiger partial charge on any atom is -0.299 e. The van der Waals surface area contributed by atoms with E-state index in [4.69, 9.17) is 0 Å². The van der Waals surface area contributed by atoms with Gasteiger partial charge in [0.25, 0.3) is 11.1 Å². The van der Waals surface area contributed by atoms with Gasteiger partial charge in [-0.1, -0.05) is 30.7 Å². The van der Waals surface area contributed by atoms with Gasteiger partial charge in [0.05, 0.1) is 21.8 Å². The highest BCUT2D eigenvalue weighted by Gasteiger charge is 2.32. The second-order valence-corrected chi connectivity index (χ2v) is 13.2. The Kier molecular flexibility index (Phi) is 10.1. The van der Waals surface area contributed by atoms with Crippen molar-refractivity contribution in [1.82, 2.24) is 29.7 Å². The van der Waals surface area contributed by atoms with Gasteiger partial charge in [-0.3, -0.25) is 58.1 Å². The minimum absolute atomic E-state index is 0.0105. The van der Waals surface area contributed by atoms with Gasteiger partial charge in [-0.25, -0.2) is 9.97 Å². The Balaban J connectivity index is 1.06. The summed E-state index contributed by atoms with van der Waals surface area (Å²) >= 11 is 0. The summed E-state index contributed by atoms with van der Waals surface area (Å²) in [5, 5.41) is 5.10. The predicted molar refractivity (Wildman–Crippen MR) is 185 cm³/mol. The Morgan fingerprint density at radius 2 is 1.06 bits per heavy atom. The van der Waals surface area contributed by atoms with Gasteiger partial charge in [0.1, 0.15) is 35.3 Å². The average molecular weight is 695 g/mol. The lowest BCUT2D eigenvalue weighted by Gasteiger charge is -2.24. The Hall–Kier alpha value is -5.66. The molecular formula is C37H38N6O8. The van der Waals surface area contributed by atoms with Crippen molar-refractivity contribution in [2.24, 2.45) is 0 Å². The first kappa shape index (κ1) is 35.2. The summed E-state index contributed by atoms with van der Waals surface area (Å²) in [5.41, 5.74) is 1.03. The van der Waals surface area contributed by atoms with E-state index in [1.807, 2.05) is 0 Å². The number of aromatic nitrogens is 4. The standard InChI is InChI=1S/C37H38N6O8/c1-20-38-26-12-6-8-22(32(26)36(50)42(20)28-14-16-30(46)40-34(28)48)18-24(44)10-4-3-5-11-25(45)19-23-9-7-13-27-33(23)37(51)43(21(2)39-27)29-15-17-31(47)41-35(29)49/h6-9,12-13,28-29H,3-5,10-11,14-19H2,1-2H3,(H,40,46,48)(H,41,47,49). The molecule has 0 bridgehead atoms. The number of benzene rings is 2. The molecule has 4 heterocycles. The van der Waals surface area contributed by atoms with E-state index in [1.165, 1.54) is 9.13 Å². The number of carbonyl (C=O) groups excluding carboxylic acids is 6. The third-order valence-electron chi connectivity index (χ3n) is 9.61. The van der Waals surface area contributed by atoms with E-state index in [-0.39, 0.29) is 85.5 Å². The molecule has 2 aliphatic heterocycles. The van der Waals surface area contributed by atoms with Crippen molar-refractivity contribution in [2.45, 2.75) is 96.6 Å². The van der Waals surface area contributed by atoms with E-state index in [0.29, 0.717) is 53.1 Å². The lowest BCUT2D eigenvalue weighted by Crippen LogP contribution is -2.45. The second-order valence-electron chi connectivity index (χ2n) is 13.2. The first-order chi connectivity index (χ1) is 24.4. The monoisotopic (exact) mass is 694 g/mol. The van der Waals surface area contributed by atoms with Gasteiger partial charge in [-0.2, -0.15) is 0 Å². The van der Waals surface area contributed by atoms with Gasteiger partial charge < -0.3 is 0 Å². The molecule has 2 fully saturated rings. The zero-order valence-electron chi connectivity index (χ0n) is 28.5. The molecule has 2 N–H and O–H groups in total. The van der Waals surface area contributed by atoms with Crippen LogP contribution >= 0.6 is 0 Å². The molecule has 2 atom stereocenters. The molecule has 264 valence electrons. The first-order valence-corrected chi connectivity index (χ1v) is 17.1. The van der Waals surface area contributed by atoms with Crippen LogP contribution in [0.15, 0.2) is 46.0 Å². The topological polar surface area (TPSA) is 196 Å². The Labute approximate surface area is 291 Å². The van der Waals surface area contributed by atoms with Gasteiger partial charge in [0.2, 0.25) is 23.6 Å². The SMILES string of the molecule is Cc1nc2cccc(CC(=O)CCCCCC(=O)Cc3cccc4nc(C)n(C5CCC(=O)NC5=O)c(=O)c34)c2c(=O)n1C1CCC(=O)NC1=O. The molecule has 14 heteroatoms. The van der Waals surface area contributed by atoms with Gasteiger partial charge in [0, 0.05) is 38.5 Å². The molecule has 14 nitrogen and oxygen atoms in total. The Bertz CT molecular complexity index is 2100. The largest absolute Gasteiger partial charge is 0.299 e. The molecule has 2 aromatic heterocycles. The second kappa shape index (κ2) is 14.7. The first-order valence-electron chi connectivity index (χ1n) is 17.1. The van der Waals surface area contributed by atoms with Crippen molar-refractivity contribution in [3.63, 3.8) is 0 Å². The fraction of sp³-hybridized carbons (Fsp3) is 0.405. The van der Waals surface area contributed by atoms with Crippen LogP contribution in [0.2, 0.25) is 0 Å². The summed E-state index contributed by atoms with van der Waals surface area (Å²) in [6.07, 6.45) is 2.82. The number of aryl methyl sites for hydroxylation is 2. The molecule has 51 heavy (non-hydrogen) atoms. The number of unbranched alkanes of at least 4 members (excludes halogenated alkanes) is 2. The number of rotatable bonds is 12. The summed E-state index contributed by atoms with van der Waals surface area (Å²) in [7, 11) is 0. The molecule has 0 spiro atoms. The highest BCUT2D eigenvalue weighted by molar-refractivity contribution is 6.00. The van der Waals surface area contributed by atoms with E-state index < -0.39 is 35.0 Å². The minimum atomic E-state index is -0.864. The van der Waals surface area contributed by atoms with Gasteiger partial charge >= 0.3 is 0 Å². The molecule has 2 aromatic carbocycles. The van der Waals surface area contributed by atoms with E-state index >= 15 is 0 Å². The lowest BCUT2D eigenvalue weighted by molar-refractivity contribution is -0.137. The van der Waals surface area contributed by atoms with Crippen molar-refractivity contribution in [1.29, 1.82) is 0 Å². The third-order valence-corrected chi connectivity index (χ3v) is 9.61. The van der Waals surface area contributed by atoms with E-state index in [2.05, 4.69) is 20.6 Å². The highest BCUT2D eigenvalue weighted by Crippen LogP contribution is 2.24. The van der Waals surface area contributed by atoms with Crippen LogP contribution in [0.1, 0.15) is 92.6 Å². The normalized spacial score (nSPS) is 17.8. The number of nitrogens with one attached hydrogen (secondary N) is 2. The van der Waals surface area contributed by atoms with Crippen molar-refractivity contribution in [3.05, 3.63) is 79.9 Å². The molecule has 2 saturated heterocycles. The number of hydrogen-bond donors (Lipinski definition) is 2. The third kappa shape index (κ3) is 7.30. The molecule has 2 unspecified atom stereocenters. The summed E-state index contributed by atoms with van der Waals surface area (Å²) in [6.45, 7) is 3.26. The molecular weight excluding hydrogens is 656 g/mol. The number of amides is 4. The molecule has 6 rings (SSSR count). The number of carbonyl (C=O) groups is 6. The zero-order chi connectivity index (χ0) is 36.4. The van der Waals surface area contributed by atoms with Crippen LogP contribution in [0.5, 0.6) is 0 Å². The fourth-order valence-electron chi connectivity index (χ4n) is 7.15. The van der Waals surface area contributed by atoms with E-state index in [1.54, 1.807) is 50.2 Å². The summed E-state index contributed by atoms with van der Waals surface area (Å²) < 4.78 is 2.61. The van der Waals surface area contributed by atoms with Gasteiger partial charge in [-0.05, 0) is 62.8 Å². The van der Waals surface area contributed by atoms with E-state index in [0.717, 1.165) is 0 Å². The number of nitrogens with zero attached hydrogens (tertiary/aromatic N) is 4. The molecule has 4 aromatic rings. The quantitative estimate of drug-likeness (QED) is 0.164. The molecule has 0 saturated carbocycles. The molecule has 0 aliphatic carbocycles.